The van der Waals surface area contributed by atoms with Gasteiger partial charge in [0, 0.05) is 29.2 Å². The largest absolute Gasteiger partial charge is 0.302 e. The van der Waals surface area contributed by atoms with Gasteiger partial charge in [-0.2, -0.15) is 0 Å². The van der Waals surface area contributed by atoms with Crippen LogP contribution in [0.2, 0.25) is 0 Å². The third-order valence-corrected chi connectivity index (χ3v) is 5.13. The van der Waals surface area contributed by atoms with E-state index >= 15 is 0 Å². The van der Waals surface area contributed by atoms with Gasteiger partial charge in [0.2, 0.25) is 0 Å². The Morgan fingerprint density at radius 2 is 2.21 bits per heavy atom. The first-order chi connectivity index (χ1) is 9.16. The van der Waals surface area contributed by atoms with E-state index in [0.29, 0.717) is 0 Å². The summed E-state index contributed by atoms with van der Waals surface area (Å²) in [4.78, 5) is 10.0. The van der Waals surface area contributed by atoms with Gasteiger partial charge in [-0.1, -0.05) is 0 Å². The van der Waals surface area contributed by atoms with Crippen molar-refractivity contribution in [3.05, 3.63) is 39.0 Å². The molecule has 3 aromatic heterocycles. The molecule has 0 bridgehead atoms. The summed E-state index contributed by atoms with van der Waals surface area (Å²) >= 11 is 3.38. The summed E-state index contributed by atoms with van der Waals surface area (Å²) in [7, 11) is 0. The second kappa shape index (κ2) is 5.03. The Bertz CT molecular complexity index is 681. The van der Waals surface area contributed by atoms with Gasteiger partial charge in [0.05, 0.1) is 17.4 Å². The second-order valence-corrected chi connectivity index (χ2v) is 6.37. The fraction of sp³-hybridized carbons (Fsp3) is 0.385. The Morgan fingerprint density at radius 1 is 1.37 bits per heavy atom. The van der Waals surface area contributed by atoms with E-state index in [1.54, 1.807) is 22.7 Å². The standard InChI is InChI=1S/C13H16N4S2/c1-8-7-19-13-16-9(2)11(17(8)13)6-15-10(3)12-14-4-5-18-12/h4-5,7,10,15H,6H2,1-3H3. The number of rotatable bonds is 4. The number of nitrogens with one attached hydrogen (secondary N) is 1. The van der Waals surface area contributed by atoms with E-state index in [2.05, 4.69) is 45.8 Å². The number of hydrogen-bond acceptors (Lipinski definition) is 5. The summed E-state index contributed by atoms with van der Waals surface area (Å²) < 4.78 is 2.24. The quantitative estimate of drug-likeness (QED) is 0.802. The summed E-state index contributed by atoms with van der Waals surface area (Å²) in [6, 6.07) is 0.267. The highest BCUT2D eigenvalue weighted by Crippen LogP contribution is 2.21. The molecule has 6 heteroatoms. The van der Waals surface area contributed by atoms with Crippen molar-refractivity contribution in [3.8, 4) is 0 Å². The minimum atomic E-state index is 0.267. The number of fused-ring (bicyclic) bond motifs is 1. The van der Waals surface area contributed by atoms with E-state index < -0.39 is 0 Å². The molecule has 0 saturated heterocycles. The topological polar surface area (TPSA) is 42.2 Å². The third-order valence-electron chi connectivity index (χ3n) is 3.23. The zero-order valence-corrected chi connectivity index (χ0v) is 12.8. The Morgan fingerprint density at radius 3 is 2.95 bits per heavy atom. The van der Waals surface area contributed by atoms with Crippen molar-refractivity contribution >= 4 is 27.6 Å². The van der Waals surface area contributed by atoms with Gasteiger partial charge >= 0.3 is 0 Å². The van der Waals surface area contributed by atoms with Crippen LogP contribution in [0.3, 0.4) is 0 Å². The molecule has 0 aliphatic rings. The Hall–Kier alpha value is -1.24. The van der Waals surface area contributed by atoms with Crippen molar-refractivity contribution in [2.45, 2.75) is 33.4 Å². The normalized spacial score (nSPS) is 13.2. The van der Waals surface area contributed by atoms with Crippen molar-refractivity contribution in [1.82, 2.24) is 19.7 Å². The monoisotopic (exact) mass is 292 g/mol. The fourth-order valence-corrected chi connectivity index (χ4v) is 3.76. The number of aryl methyl sites for hydroxylation is 2. The van der Waals surface area contributed by atoms with Gasteiger partial charge in [0.15, 0.2) is 4.96 Å². The molecular weight excluding hydrogens is 276 g/mol. The lowest BCUT2D eigenvalue weighted by Gasteiger charge is -2.11. The SMILES string of the molecule is Cc1nc2scc(C)n2c1CNC(C)c1nccs1. The van der Waals surface area contributed by atoms with Gasteiger partial charge in [-0.3, -0.25) is 4.40 Å². The molecule has 19 heavy (non-hydrogen) atoms. The minimum absolute atomic E-state index is 0.267. The predicted molar refractivity (Wildman–Crippen MR) is 79.9 cm³/mol. The van der Waals surface area contributed by atoms with Crippen LogP contribution in [-0.2, 0) is 6.54 Å². The van der Waals surface area contributed by atoms with Gasteiger partial charge in [0.1, 0.15) is 5.01 Å². The van der Waals surface area contributed by atoms with Gasteiger partial charge in [-0.25, -0.2) is 9.97 Å². The van der Waals surface area contributed by atoms with Crippen LogP contribution < -0.4 is 5.32 Å². The molecule has 0 amide bonds. The van der Waals surface area contributed by atoms with Crippen molar-refractivity contribution in [1.29, 1.82) is 0 Å². The van der Waals surface area contributed by atoms with E-state index in [0.717, 1.165) is 22.2 Å². The van der Waals surface area contributed by atoms with E-state index in [-0.39, 0.29) is 6.04 Å². The highest BCUT2D eigenvalue weighted by molar-refractivity contribution is 7.15. The Labute approximate surface area is 120 Å². The Kier molecular flexibility index (Phi) is 3.38. The maximum atomic E-state index is 4.60. The number of imidazole rings is 1. The smallest absolute Gasteiger partial charge is 0.194 e. The molecule has 0 aliphatic carbocycles. The van der Waals surface area contributed by atoms with Crippen LogP contribution in [0.1, 0.15) is 35.1 Å². The van der Waals surface area contributed by atoms with Crippen molar-refractivity contribution in [2.75, 3.05) is 0 Å². The van der Waals surface area contributed by atoms with Gasteiger partial charge in [-0.05, 0) is 20.8 Å². The first-order valence-corrected chi connectivity index (χ1v) is 7.97. The van der Waals surface area contributed by atoms with E-state index in [4.69, 9.17) is 0 Å². The van der Waals surface area contributed by atoms with Crippen molar-refractivity contribution in [3.63, 3.8) is 0 Å². The predicted octanol–water partition coefficient (Wildman–Crippen LogP) is 3.32. The fourth-order valence-electron chi connectivity index (χ4n) is 2.16. The highest BCUT2D eigenvalue weighted by Gasteiger charge is 2.14. The first-order valence-electron chi connectivity index (χ1n) is 6.21. The number of thiazole rings is 2. The zero-order chi connectivity index (χ0) is 13.4. The molecule has 0 fully saturated rings. The summed E-state index contributed by atoms with van der Waals surface area (Å²) in [5.74, 6) is 0. The zero-order valence-electron chi connectivity index (χ0n) is 11.2. The van der Waals surface area contributed by atoms with Crippen LogP contribution in [0.25, 0.3) is 4.96 Å². The second-order valence-electron chi connectivity index (χ2n) is 4.61. The van der Waals surface area contributed by atoms with E-state index in [1.807, 2.05) is 11.6 Å². The molecule has 0 spiro atoms. The van der Waals surface area contributed by atoms with Crippen LogP contribution in [0, 0.1) is 13.8 Å². The number of nitrogens with zero attached hydrogens (tertiary/aromatic N) is 3. The minimum Gasteiger partial charge on any atom is -0.302 e. The van der Waals surface area contributed by atoms with Gasteiger partial charge in [-0.15, -0.1) is 22.7 Å². The molecule has 3 aromatic rings. The summed E-state index contributed by atoms with van der Waals surface area (Å²) in [6.45, 7) is 7.15. The van der Waals surface area contributed by atoms with E-state index in [1.165, 1.54) is 11.4 Å². The molecule has 0 aliphatic heterocycles. The molecule has 1 unspecified atom stereocenters. The molecule has 100 valence electrons. The third kappa shape index (κ3) is 2.31. The van der Waals surface area contributed by atoms with E-state index in [9.17, 15) is 0 Å². The molecule has 0 aromatic carbocycles. The van der Waals surface area contributed by atoms with Gasteiger partial charge in [0.25, 0.3) is 0 Å². The van der Waals surface area contributed by atoms with Crippen LogP contribution >= 0.6 is 22.7 Å². The lowest BCUT2D eigenvalue weighted by molar-refractivity contribution is 0.561. The molecule has 3 rings (SSSR count). The van der Waals surface area contributed by atoms with Crippen LogP contribution in [0.5, 0.6) is 0 Å². The number of aromatic nitrogens is 3. The average Bonchev–Trinajstić information content (AvgIpc) is 3.07. The first kappa shape index (κ1) is 12.8. The van der Waals surface area contributed by atoms with Crippen LogP contribution in [0.15, 0.2) is 17.0 Å². The Balaban J connectivity index is 1.82. The lowest BCUT2D eigenvalue weighted by atomic mass is 10.3. The van der Waals surface area contributed by atoms with Crippen molar-refractivity contribution in [2.24, 2.45) is 0 Å². The van der Waals surface area contributed by atoms with Gasteiger partial charge < -0.3 is 5.32 Å². The molecule has 0 saturated carbocycles. The summed E-state index contributed by atoms with van der Waals surface area (Å²) in [5.41, 5.74) is 3.60. The molecule has 3 heterocycles. The lowest BCUT2D eigenvalue weighted by Crippen LogP contribution is -2.19. The van der Waals surface area contributed by atoms with Crippen LogP contribution in [-0.4, -0.2) is 14.4 Å². The molecule has 0 radical (unpaired) electrons. The maximum Gasteiger partial charge on any atom is 0.194 e. The molecule has 4 nitrogen and oxygen atoms in total. The number of hydrogen-bond donors (Lipinski definition) is 1. The summed E-state index contributed by atoms with van der Waals surface area (Å²) in [5, 5.41) is 8.82. The average molecular weight is 292 g/mol. The van der Waals surface area contributed by atoms with Crippen molar-refractivity contribution < 1.29 is 0 Å². The highest BCUT2D eigenvalue weighted by atomic mass is 32.1. The molecule has 1 N–H and O–H groups in total. The summed E-state index contributed by atoms with van der Waals surface area (Å²) in [6.07, 6.45) is 1.85. The molecule has 1 atom stereocenters. The van der Waals surface area contributed by atoms with Crippen LogP contribution in [0.4, 0.5) is 0 Å². The maximum absolute atomic E-state index is 4.60. The molecular formula is C13H16N4S2.